The van der Waals surface area contributed by atoms with Crippen molar-refractivity contribution in [2.75, 3.05) is 6.61 Å². The number of hydrogen-bond donors (Lipinski definition) is 1. The summed E-state index contributed by atoms with van der Waals surface area (Å²) in [6.07, 6.45) is 5.08. The van der Waals surface area contributed by atoms with Gasteiger partial charge in [-0.15, -0.1) is 0 Å². The number of benzene rings is 2. The van der Waals surface area contributed by atoms with Gasteiger partial charge in [0.15, 0.2) is 6.29 Å². The number of esters is 1. The predicted octanol–water partition coefficient (Wildman–Crippen LogP) is 4.38. The van der Waals surface area contributed by atoms with E-state index in [2.05, 4.69) is 6.92 Å². The summed E-state index contributed by atoms with van der Waals surface area (Å²) in [5.74, 6) is 0.102. The summed E-state index contributed by atoms with van der Waals surface area (Å²) >= 11 is 0. The molecule has 0 bridgehead atoms. The lowest BCUT2D eigenvalue weighted by molar-refractivity contribution is 0.0734. The molecule has 0 radical (unpaired) electrons. The Balaban J connectivity index is 1.89. The molecule has 132 valence electrons. The molecule has 0 aliphatic heterocycles. The number of carbonyl (C=O) groups is 2. The van der Waals surface area contributed by atoms with Crippen LogP contribution in [0, 0.1) is 0 Å². The largest absolute Gasteiger partial charge is 0.507 e. The molecular formula is C20H22O5. The summed E-state index contributed by atoms with van der Waals surface area (Å²) in [5.41, 5.74) is 0.512. The zero-order valence-corrected chi connectivity index (χ0v) is 14.2. The molecule has 0 amide bonds. The molecule has 5 nitrogen and oxygen atoms in total. The summed E-state index contributed by atoms with van der Waals surface area (Å²) < 4.78 is 10.8. The van der Waals surface area contributed by atoms with Gasteiger partial charge in [-0.05, 0) is 42.8 Å². The molecule has 2 rings (SSSR count). The molecule has 25 heavy (non-hydrogen) atoms. The molecule has 5 heteroatoms. The molecular weight excluding hydrogens is 320 g/mol. The normalized spacial score (nSPS) is 10.3. The van der Waals surface area contributed by atoms with Crippen molar-refractivity contribution in [3.8, 4) is 17.2 Å². The maximum Gasteiger partial charge on any atom is 0.343 e. The van der Waals surface area contributed by atoms with Gasteiger partial charge in [0.2, 0.25) is 0 Å². The Bertz CT molecular complexity index is 707. The second kappa shape index (κ2) is 9.47. The number of rotatable bonds is 9. The van der Waals surface area contributed by atoms with Crippen molar-refractivity contribution in [3.63, 3.8) is 0 Å². The van der Waals surface area contributed by atoms with Gasteiger partial charge in [-0.3, -0.25) is 4.79 Å². The first kappa shape index (κ1) is 18.5. The van der Waals surface area contributed by atoms with Crippen LogP contribution in [0.1, 0.15) is 53.3 Å². The molecule has 0 fully saturated rings. The summed E-state index contributed by atoms with van der Waals surface area (Å²) in [5, 5.41) is 9.61. The third-order valence-corrected chi connectivity index (χ3v) is 3.70. The van der Waals surface area contributed by atoms with Crippen molar-refractivity contribution in [1.82, 2.24) is 0 Å². The number of carbonyl (C=O) groups excluding carboxylic acids is 2. The maximum absolute atomic E-state index is 12.1. The maximum atomic E-state index is 12.1. The molecule has 2 aromatic rings. The smallest absolute Gasteiger partial charge is 0.343 e. The van der Waals surface area contributed by atoms with Crippen LogP contribution in [0.5, 0.6) is 17.2 Å². The van der Waals surface area contributed by atoms with Gasteiger partial charge in [-0.1, -0.05) is 26.2 Å². The van der Waals surface area contributed by atoms with E-state index in [1.165, 1.54) is 31.0 Å². The molecule has 1 N–H and O–H groups in total. The van der Waals surface area contributed by atoms with Crippen LogP contribution in [-0.4, -0.2) is 24.0 Å². The van der Waals surface area contributed by atoms with Gasteiger partial charge in [0.1, 0.15) is 17.2 Å². The fourth-order valence-electron chi connectivity index (χ4n) is 2.26. The summed E-state index contributed by atoms with van der Waals surface area (Å²) in [4.78, 5) is 22.8. The minimum atomic E-state index is -0.548. The Morgan fingerprint density at radius 1 is 1.04 bits per heavy atom. The Morgan fingerprint density at radius 3 is 2.40 bits per heavy atom. The highest BCUT2D eigenvalue weighted by atomic mass is 16.5. The second-order valence-electron chi connectivity index (χ2n) is 5.66. The van der Waals surface area contributed by atoms with E-state index in [0.29, 0.717) is 24.2 Å². The Hall–Kier alpha value is -2.82. The standard InChI is InChI=1S/C20H22O5/c1-2-3-4-5-12-24-17-9-6-15(7-10-17)20(23)25-18-11-8-16(14-21)19(22)13-18/h6-11,13-14,22H,2-5,12H2,1H3. The molecule has 0 unspecified atom stereocenters. The summed E-state index contributed by atoms with van der Waals surface area (Å²) in [6.45, 7) is 2.82. The van der Waals surface area contributed by atoms with E-state index in [1.54, 1.807) is 24.3 Å². The van der Waals surface area contributed by atoms with Crippen LogP contribution in [-0.2, 0) is 0 Å². The lowest BCUT2D eigenvalue weighted by atomic mass is 10.2. The predicted molar refractivity (Wildman–Crippen MR) is 94.5 cm³/mol. The van der Waals surface area contributed by atoms with Crippen LogP contribution in [0.2, 0.25) is 0 Å². The average molecular weight is 342 g/mol. The second-order valence-corrected chi connectivity index (χ2v) is 5.66. The molecule has 0 heterocycles. The van der Waals surface area contributed by atoms with Crippen LogP contribution in [0.25, 0.3) is 0 Å². The molecule has 0 atom stereocenters. The third-order valence-electron chi connectivity index (χ3n) is 3.70. The van der Waals surface area contributed by atoms with Crippen LogP contribution in [0.4, 0.5) is 0 Å². The molecule has 0 saturated carbocycles. The van der Waals surface area contributed by atoms with E-state index in [9.17, 15) is 14.7 Å². The average Bonchev–Trinajstić information content (AvgIpc) is 2.62. The summed E-state index contributed by atoms with van der Waals surface area (Å²) in [7, 11) is 0. The molecule has 0 spiro atoms. The molecule has 0 aliphatic rings. The number of phenols is 1. The van der Waals surface area contributed by atoms with Crippen molar-refractivity contribution in [1.29, 1.82) is 0 Å². The number of aromatic hydroxyl groups is 1. The summed E-state index contributed by atoms with van der Waals surface area (Å²) in [6, 6.07) is 10.8. The van der Waals surface area contributed by atoms with Crippen molar-refractivity contribution in [2.24, 2.45) is 0 Å². The zero-order chi connectivity index (χ0) is 18.1. The van der Waals surface area contributed by atoms with Crippen molar-refractivity contribution in [2.45, 2.75) is 32.6 Å². The number of phenolic OH excluding ortho intramolecular Hbond substituents is 1. The molecule has 0 aromatic heterocycles. The Morgan fingerprint density at radius 2 is 1.76 bits per heavy atom. The monoisotopic (exact) mass is 342 g/mol. The van der Waals surface area contributed by atoms with Gasteiger partial charge in [0.25, 0.3) is 0 Å². The first-order valence-electron chi connectivity index (χ1n) is 8.37. The number of ether oxygens (including phenoxy) is 2. The van der Waals surface area contributed by atoms with Gasteiger partial charge < -0.3 is 14.6 Å². The van der Waals surface area contributed by atoms with Crippen LogP contribution >= 0.6 is 0 Å². The number of unbranched alkanes of at least 4 members (excludes halogenated alkanes) is 3. The van der Waals surface area contributed by atoms with Crippen molar-refractivity contribution < 1.29 is 24.2 Å². The fourth-order valence-corrected chi connectivity index (χ4v) is 2.26. The van der Waals surface area contributed by atoms with Crippen LogP contribution in [0.15, 0.2) is 42.5 Å². The Labute approximate surface area is 147 Å². The van der Waals surface area contributed by atoms with Crippen LogP contribution < -0.4 is 9.47 Å². The number of aldehydes is 1. The highest BCUT2D eigenvalue weighted by molar-refractivity contribution is 5.91. The molecule has 0 saturated heterocycles. The minimum Gasteiger partial charge on any atom is -0.507 e. The first-order chi connectivity index (χ1) is 12.1. The zero-order valence-electron chi connectivity index (χ0n) is 14.2. The van der Waals surface area contributed by atoms with Gasteiger partial charge in [0.05, 0.1) is 17.7 Å². The van der Waals surface area contributed by atoms with Gasteiger partial charge >= 0.3 is 5.97 Å². The Kier molecular flexibility index (Phi) is 7.01. The van der Waals surface area contributed by atoms with Crippen LogP contribution in [0.3, 0.4) is 0 Å². The van der Waals surface area contributed by atoms with E-state index >= 15 is 0 Å². The van der Waals surface area contributed by atoms with Crippen molar-refractivity contribution in [3.05, 3.63) is 53.6 Å². The first-order valence-corrected chi connectivity index (χ1v) is 8.37. The highest BCUT2D eigenvalue weighted by Gasteiger charge is 2.10. The SMILES string of the molecule is CCCCCCOc1ccc(C(=O)Oc2ccc(C=O)c(O)c2)cc1. The van der Waals surface area contributed by atoms with E-state index in [-0.39, 0.29) is 17.1 Å². The lowest BCUT2D eigenvalue weighted by Crippen LogP contribution is -2.08. The van der Waals surface area contributed by atoms with Gasteiger partial charge in [0, 0.05) is 6.07 Å². The fraction of sp³-hybridized carbons (Fsp3) is 0.300. The quantitative estimate of drug-likeness (QED) is 0.317. The van der Waals surface area contributed by atoms with E-state index < -0.39 is 5.97 Å². The number of hydrogen-bond acceptors (Lipinski definition) is 5. The highest BCUT2D eigenvalue weighted by Crippen LogP contribution is 2.23. The molecule has 0 aliphatic carbocycles. The topological polar surface area (TPSA) is 72.8 Å². The van der Waals surface area contributed by atoms with E-state index in [0.717, 1.165) is 12.8 Å². The van der Waals surface area contributed by atoms with Gasteiger partial charge in [-0.2, -0.15) is 0 Å². The van der Waals surface area contributed by atoms with E-state index in [1.807, 2.05) is 0 Å². The lowest BCUT2D eigenvalue weighted by Gasteiger charge is -2.08. The third kappa shape index (κ3) is 5.64. The van der Waals surface area contributed by atoms with E-state index in [4.69, 9.17) is 9.47 Å². The van der Waals surface area contributed by atoms with Crippen molar-refractivity contribution >= 4 is 12.3 Å². The molecule has 2 aromatic carbocycles. The minimum absolute atomic E-state index is 0.139. The van der Waals surface area contributed by atoms with Gasteiger partial charge in [-0.25, -0.2) is 4.79 Å².